The maximum Gasteiger partial charge on any atom is 0.236 e. The molecule has 1 atom stereocenters. The molecular formula is C20H22N2O. The Morgan fingerprint density at radius 1 is 0.913 bits per heavy atom. The highest BCUT2D eigenvalue weighted by Crippen LogP contribution is 2.59. The van der Waals surface area contributed by atoms with Crippen LogP contribution in [-0.4, -0.2) is 5.91 Å². The van der Waals surface area contributed by atoms with Crippen LogP contribution in [0.1, 0.15) is 43.7 Å². The van der Waals surface area contributed by atoms with Crippen molar-refractivity contribution in [1.82, 2.24) is 0 Å². The summed E-state index contributed by atoms with van der Waals surface area (Å²) in [6, 6.07) is 18.2. The van der Waals surface area contributed by atoms with Gasteiger partial charge in [0.15, 0.2) is 0 Å². The van der Waals surface area contributed by atoms with Crippen molar-refractivity contribution in [2.24, 2.45) is 5.41 Å². The highest BCUT2D eigenvalue weighted by Gasteiger charge is 2.61. The van der Waals surface area contributed by atoms with Crippen LogP contribution in [0.3, 0.4) is 0 Å². The Bertz CT molecular complexity index is 719. The average molecular weight is 306 g/mol. The van der Waals surface area contributed by atoms with E-state index in [1.165, 1.54) is 12.0 Å². The minimum Gasteiger partial charge on any atom is -0.397 e. The molecule has 118 valence electrons. The number of hydrogen-bond acceptors (Lipinski definition) is 2. The monoisotopic (exact) mass is 306 g/mol. The molecule has 2 N–H and O–H groups in total. The lowest BCUT2D eigenvalue weighted by molar-refractivity contribution is -0.143. The summed E-state index contributed by atoms with van der Waals surface area (Å²) in [5, 5.41) is 0. The fourth-order valence-corrected chi connectivity index (χ4v) is 4.38. The molecule has 1 aliphatic carbocycles. The van der Waals surface area contributed by atoms with Gasteiger partial charge >= 0.3 is 0 Å². The Labute approximate surface area is 137 Å². The lowest BCUT2D eigenvalue weighted by Crippen LogP contribution is -2.64. The van der Waals surface area contributed by atoms with Crippen LogP contribution in [-0.2, 0) is 4.79 Å². The lowest BCUT2D eigenvalue weighted by atomic mass is 9.60. The first-order valence-corrected chi connectivity index (χ1v) is 8.47. The number of anilines is 2. The summed E-state index contributed by atoms with van der Waals surface area (Å²) in [4.78, 5) is 15.1. The van der Waals surface area contributed by atoms with Gasteiger partial charge < -0.3 is 10.6 Å². The molecule has 2 fully saturated rings. The largest absolute Gasteiger partial charge is 0.397 e. The first kappa shape index (κ1) is 14.3. The predicted molar refractivity (Wildman–Crippen MR) is 93.0 cm³/mol. The summed E-state index contributed by atoms with van der Waals surface area (Å²) >= 11 is 0. The Morgan fingerprint density at radius 2 is 1.57 bits per heavy atom. The van der Waals surface area contributed by atoms with E-state index >= 15 is 0 Å². The number of carbonyl (C=O) groups is 1. The minimum atomic E-state index is -0.220. The highest BCUT2D eigenvalue weighted by atomic mass is 16.2. The van der Waals surface area contributed by atoms with E-state index in [9.17, 15) is 4.79 Å². The first-order valence-electron chi connectivity index (χ1n) is 8.47. The SMILES string of the molecule is Nc1ccccc1N1C(=O)C2(CCCCC2)C1c1ccccc1. The van der Waals surface area contributed by atoms with Gasteiger partial charge in [0.1, 0.15) is 0 Å². The van der Waals surface area contributed by atoms with Crippen LogP contribution in [0.5, 0.6) is 0 Å². The molecule has 0 radical (unpaired) electrons. The van der Waals surface area contributed by atoms with Gasteiger partial charge in [0.05, 0.1) is 22.8 Å². The first-order chi connectivity index (χ1) is 11.2. The molecule has 1 amide bonds. The van der Waals surface area contributed by atoms with Gasteiger partial charge in [-0.15, -0.1) is 0 Å². The molecule has 0 bridgehead atoms. The van der Waals surface area contributed by atoms with E-state index in [4.69, 9.17) is 5.73 Å². The third-order valence-electron chi connectivity index (χ3n) is 5.48. The Morgan fingerprint density at radius 3 is 2.26 bits per heavy atom. The standard InChI is InChI=1S/C20H22N2O/c21-16-11-5-6-12-17(16)22-18(15-9-3-1-4-10-15)20(19(22)23)13-7-2-8-14-20/h1,3-6,9-12,18H,2,7-8,13-14,21H2. The second-order valence-corrected chi connectivity index (χ2v) is 6.76. The zero-order chi connectivity index (χ0) is 15.9. The van der Waals surface area contributed by atoms with Gasteiger partial charge in [-0.2, -0.15) is 0 Å². The van der Waals surface area contributed by atoms with Crippen molar-refractivity contribution in [2.75, 3.05) is 10.6 Å². The molecule has 3 nitrogen and oxygen atoms in total. The molecule has 1 unspecified atom stereocenters. The van der Waals surface area contributed by atoms with Gasteiger partial charge in [0.2, 0.25) is 5.91 Å². The number of nitrogens with zero attached hydrogens (tertiary/aromatic N) is 1. The lowest BCUT2D eigenvalue weighted by Gasteiger charge is -2.58. The average Bonchev–Trinajstić information content (AvgIpc) is 2.61. The second kappa shape index (κ2) is 5.41. The number of nitrogen functional groups attached to an aromatic ring is 1. The zero-order valence-corrected chi connectivity index (χ0v) is 13.2. The van der Waals surface area contributed by atoms with Crippen molar-refractivity contribution in [3.05, 3.63) is 60.2 Å². The van der Waals surface area contributed by atoms with Crippen molar-refractivity contribution >= 4 is 17.3 Å². The Balaban J connectivity index is 1.80. The van der Waals surface area contributed by atoms with Crippen molar-refractivity contribution in [3.63, 3.8) is 0 Å². The Hall–Kier alpha value is -2.29. The predicted octanol–water partition coefficient (Wildman–Crippen LogP) is 4.31. The molecule has 23 heavy (non-hydrogen) atoms. The summed E-state index contributed by atoms with van der Waals surface area (Å²) in [7, 11) is 0. The molecule has 1 aliphatic heterocycles. The minimum absolute atomic E-state index is 0.112. The highest BCUT2D eigenvalue weighted by molar-refractivity contribution is 6.08. The van der Waals surface area contributed by atoms with Gasteiger partial charge in [-0.25, -0.2) is 0 Å². The number of para-hydroxylation sites is 2. The second-order valence-electron chi connectivity index (χ2n) is 6.76. The molecule has 4 rings (SSSR count). The normalized spacial score (nSPS) is 22.9. The molecule has 2 aromatic carbocycles. The van der Waals surface area contributed by atoms with Gasteiger partial charge in [0, 0.05) is 0 Å². The fraction of sp³-hybridized carbons (Fsp3) is 0.350. The number of rotatable bonds is 2. The van der Waals surface area contributed by atoms with E-state index in [1.807, 2.05) is 35.2 Å². The van der Waals surface area contributed by atoms with E-state index in [1.54, 1.807) is 0 Å². The van der Waals surface area contributed by atoms with Gasteiger partial charge in [0.25, 0.3) is 0 Å². The van der Waals surface area contributed by atoms with Crippen LogP contribution >= 0.6 is 0 Å². The number of benzene rings is 2. The molecule has 1 spiro atoms. The van der Waals surface area contributed by atoms with E-state index in [2.05, 4.69) is 24.3 Å². The molecule has 2 aromatic rings. The summed E-state index contributed by atoms with van der Waals surface area (Å²) in [5.41, 5.74) is 8.68. The summed E-state index contributed by atoms with van der Waals surface area (Å²) in [5.74, 6) is 0.254. The quantitative estimate of drug-likeness (QED) is 0.664. The van der Waals surface area contributed by atoms with Gasteiger partial charge in [-0.05, 0) is 30.5 Å². The number of amides is 1. The van der Waals surface area contributed by atoms with Crippen molar-refractivity contribution in [3.8, 4) is 0 Å². The van der Waals surface area contributed by atoms with Crippen molar-refractivity contribution < 1.29 is 4.79 Å². The van der Waals surface area contributed by atoms with Crippen LogP contribution in [0, 0.1) is 5.41 Å². The molecule has 2 aliphatic rings. The van der Waals surface area contributed by atoms with E-state index in [-0.39, 0.29) is 17.4 Å². The zero-order valence-electron chi connectivity index (χ0n) is 13.2. The van der Waals surface area contributed by atoms with Crippen LogP contribution in [0.25, 0.3) is 0 Å². The molecule has 1 heterocycles. The molecule has 3 heteroatoms. The van der Waals surface area contributed by atoms with Crippen LogP contribution in [0.2, 0.25) is 0 Å². The number of nitrogens with two attached hydrogens (primary N) is 1. The van der Waals surface area contributed by atoms with E-state index in [0.717, 1.165) is 31.4 Å². The van der Waals surface area contributed by atoms with E-state index in [0.29, 0.717) is 5.69 Å². The maximum atomic E-state index is 13.1. The molecule has 1 saturated carbocycles. The number of β-lactam (4-membered cyclic amide) rings is 1. The fourth-order valence-electron chi connectivity index (χ4n) is 4.38. The van der Waals surface area contributed by atoms with Crippen LogP contribution in [0.4, 0.5) is 11.4 Å². The summed E-state index contributed by atoms with van der Waals surface area (Å²) < 4.78 is 0. The molecule has 0 aromatic heterocycles. The molecule has 1 saturated heterocycles. The number of hydrogen-bond donors (Lipinski definition) is 1. The summed E-state index contributed by atoms with van der Waals surface area (Å²) in [6.07, 6.45) is 5.52. The third-order valence-corrected chi connectivity index (χ3v) is 5.48. The van der Waals surface area contributed by atoms with E-state index < -0.39 is 0 Å². The van der Waals surface area contributed by atoms with Crippen LogP contribution in [0.15, 0.2) is 54.6 Å². The van der Waals surface area contributed by atoms with Crippen molar-refractivity contribution in [1.29, 1.82) is 0 Å². The topological polar surface area (TPSA) is 46.3 Å². The maximum absolute atomic E-state index is 13.1. The third kappa shape index (κ3) is 2.07. The smallest absolute Gasteiger partial charge is 0.236 e. The van der Waals surface area contributed by atoms with Gasteiger partial charge in [-0.3, -0.25) is 4.79 Å². The summed E-state index contributed by atoms with van der Waals surface area (Å²) in [6.45, 7) is 0. The van der Waals surface area contributed by atoms with Crippen LogP contribution < -0.4 is 10.6 Å². The molecular weight excluding hydrogens is 284 g/mol. The Kier molecular flexibility index (Phi) is 3.37. The van der Waals surface area contributed by atoms with Crippen molar-refractivity contribution in [2.45, 2.75) is 38.1 Å². The number of carbonyl (C=O) groups excluding carboxylic acids is 1. The van der Waals surface area contributed by atoms with Gasteiger partial charge in [-0.1, -0.05) is 61.7 Å².